The smallest absolute Gasteiger partial charge is 0.123 e. The van der Waals surface area contributed by atoms with Crippen molar-refractivity contribution in [2.75, 3.05) is 12.4 Å². The molecule has 0 saturated carbocycles. The number of pyridine rings is 1. The summed E-state index contributed by atoms with van der Waals surface area (Å²) in [4.78, 5) is 4.27. The number of anilines is 2. The van der Waals surface area contributed by atoms with Crippen molar-refractivity contribution in [3.63, 3.8) is 0 Å². The van der Waals surface area contributed by atoms with Gasteiger partial charge in [-0.1, -0.05) is 0 Å². The van der Waals surface area contributed by atoms with Crippen molar-refractivity contribution in [1.29, 1.82) is 5.26 Å². The monoisotopic (exact) mass is 329 g/mol. The molecule has 4 nitrogen and oxygen atoms in total. The van der Waals surface area contributed by atoms with Crippen LogP contribution in [-0.2, 0) is 0 Å². The Morgan fingerprint density at radius 1 is 1.17 bits per heavy atom. The number of nitriles is 1. The summed E-state index contributed by atoms with van der Waals surface area (Å²) in [5.74, 6) is 0.382. The van der Waals surface area contributed by atoms with Gasteiger partial charge in [-0.2, -0.15) is 5.26 Å². The van der Waals surface area contributed by atoms with E-state index in [2.05, 4.69) is 16.4 Å². The van der Waals surface area contributed by atoms with Crippen molar-refractivity contribution >= 4 is 34.7 Å². The number of fused-ring (bicyclic) bond motifs is 1. The van der Waals surface area contributed by atoms with Gasteiger partial charge >= 0.3 is 0 Å². The summed E-state index contributed by atoms with van der Waals surface area (Å²) in [7, 11) is 1.59. The lowest BCUT2D eigenvalue weighted by Crippen LogP contribution is -1.97. The third-order valence-electron chi connectivity index (χ3n) is 3.31. The fraction of sp³-hybridized carbons (Fsp3) is 0.0588. The molecule has 0 spiro atoms. The number of rotatable bonds is 3. The van der Waals surface area contributed by atoms with Gasteiger partial charge in [0.15, 0.2) is 0 Å². The third-order valence-corrected chi connectivity index (χ3v) is 3.31. The largest absolute Gasteiger partial charge is 0.497 e. The van der Waals surface area contributed by atoms with Gasteiger partial charge in [0, 0.05) is 23.3 Å². The molecule has 0 bridgehead atoms. The van der Waals surface area contributed by atoms with Crippen molar-refractivity contribution in [3.8, 4) is 11.8 Å². The minimum absolute atomic E-state index is 0. The molecule has 6 heteroatoms. The SMILES string of the molecule is COc1ccc2c(Nc3ccc(F)cc3)c(C#N)cnc2c1.Cl. The Morgan fingerprint density at radius 2 is 1.91 bits per heavy atom. The standard InChI is InChI=1S/C17H12FN3O.ClH/c1-22-14-6-7-15-16(8-14)20-10-11(9-19)17(15)21-13-4-2-12(18)3-5-13;/h2-8,10H,1H3,(H,20,21);1H. The number of hydrogen-bond acceptors (Lipinski definition) is 4. The molecule has 0 atom stereocenters. The molecule has 23 heavy (non-hydrogen) atoms. The average molecular weight is 330 g/mol. The second-order valence-corrected chi connectivity index (χ2v) is 4.67. The number of benzene rings is 2. The van der Waals surface area contributed by atoms with Gasteiger partial charge in [-0.05, 0) is 36.4 Å². The molecule has 0 radical (unpaired) electrons. The first-order valence-corrected chi connectivity index (χ1v) is 6.60. The van der Waals surface area contributed by atoms with Crippen molar-refractivity contribution in [2.45, 2.75) is 0 Å². The molecule has 0 aliphatic heterocycles. The Kier molecular flexibility index (Phi) is 4.99. The topological polar surface area (TPSA) is 57.9 Å². The van der Waals surface area contributed by atoms with Crippen LogP contribution in [0, 0.1) is 17.1 Å². The Hall–Kier alpha value is -2.84. The molecule has 0 aliphatic carbocycles. The maximum atomic E-state index is 13.0. The molecule has 1 aromatic heterocycles. The molecular formula is C17H13ClFN3O. The van der Waals surface area contributed by atoms with Crippen LogP contribution in [0.25, 0.3) is 10.9 Å². The highest BCUT2D eigenvalue weighted by Crippen LogP contribution is 2.30. The number of hydrogen-bond donors (Lipinski definition) is 1. The molecule has 0 aliphatic rings. The minimum Gasteiger partial charge on any atom is -0.497 e. The van der Waals surface area contributed by atoms with Gasteiger partial charge in [0.2, 0.25) is 0 Å². The predicted octanol–water partition coefficient (Wildman–Crippen LogP) is 4.42. The summed E-state index contributed by atoms with van der Waals surface area (Å²) < 4.78 is 18.2. The van der Waals surface area contributed by atoms with Crippen LogP contribution in [0.4, 0.5) is 15.8 Å². The Labute approximate surface area is 138 Å². The van der Waals surface area contributed by atoms with Crippen molar-refractivity contribution in [2.24, 2.45) is 0 Å². The summed E-state index contributed by atoms with van der Waals surface area (Å²) in [6, 6.07) is 13.5. The van der Waals surface area contributed by atoms with E-state index in [-0.39, 0.29) is 18.2 Å². The zero-order chi connectivity index (χ0) is 15.5. The maximum absolute atomic E-state index is 13.0. The zero-order valence-electron chi connectivity index (χ0n) is 12.2. The predicted molar refractivity (Wildman–Crippen MR) is 89.9 cm³/mol. The number of halogens is 2. The first-order valence-electron chi connectivity index (χ1n) is 6.60. The Balaban J connectivity index is 0.00000192. The molecular weight excluding hydrogens is 317 g/mol. The lowest BCUT2D eigenvalue weighted by molar-refractivity contribution is 0.415. The highest BCUT2D eigenvalue weighted by atomic mass is 35.5. The molecule has 1 heterocycles. The first kappa shape index (κ1) is 16.5. The van der Waals surface area contributed by atoms with E-state index in [0.29, 0.717) is 28.2 Å². The first-order chi connectivity index (χ1) is 10.7. The van der Waals surface area contributed by atoms with Gasteiger partial charge in [0.25, 0.3) is 0 Å². The van der Waals surface area contributed by atoms with Crippen LogP contribution in [0.5, 0.6) is 5.75 Å². The van der Waals surface area contributed by atoms with Crippen LogP contribution in [0.1, 0.15) is 5.56 Å². The van der Waals surface area contributed by atoms with E-state index in [1.807, 2.05) is 6.07 Å². The van der Waals surface area contributed by atoms with Gasteiger partial charge in [-0.15, -0.1) is 12.4 Å². The molecule has 0 amide bonds. The van der Waals surface area contributed by atoms with Gasteiger partial charge < -0.3 is 10.1 Å². The molecule has 1 N–H and O–H groups in total. The fourth-order valence-electron chi connectivity index (χ4n) is 2.20. The maximum Gasteiger partial charge on any atom is 0.123 e. The van der Waals surface area contributed by atoms with Gasteiger partial charge in [0.1, 0.15) is 17.6 Å². The fourth-order valence-corrected chi connectivity index (χ4v) is 2.20. The highest BCUT2D eigenvalue weighted by molar-refractivity contribution is 5.96. The van der Waals surface area contributed by atoms with Crippen molar-refractivity contribution < 1.29 is 9.13 Å². The van der Waals surface area contributed by atoms with E-state index in [1.165, 1.54) is 18.3 Å². The quantitative estimate of drug-likeness (QED) is 0.772. The lowest BCUT2D eigenvalue weighted by Gasteiger charge is -2.12. The van der Waals surface area contributed by atoms with Gasteiger partial charge in [-0.3, -0.25) is 4.98 Å². The number of ether oxygens (including phenoxy) is 1. The highest BCUT2D eigenvalue weighted by Gasteiger charge is 2.10. The van der Waals surface area contributed by atoms with E-state index in [9.17, 15) is 9.65 Å². The molecule has 3 aromatic rings. The molecule has 3 rings (SSSR count). The van der Waals surface area contributed by atoms with Crippen molar-refractivity contribution in [3.05, 3.63) is 60.0 Å². The van der Waals surface area contributed by atoms with E-state index in [1.54, 1.807) is 31.4 Å². The Morgan fingerprint density at radius 3 is 2.57 bits per heavy atom. The summed E-state index contributed by atoms with van der Waals surface area (Å²) in [6.07, 6.45) is 1.51. The average Bonchev–Trinajstić information content (AvgIpc) is 2.56. The molecule has 2 aromatic carbocycles. The minimum atomic E-state index is -0.310. The molecule has 0 fully saturated rings. The summed E-state index contributed by atoms with van der Waals surface area (Å²) in [5, 5.41) is 13.2. The van der Waals surface area contributed by atoms with Crippen LogP contribution in [0.2, 0.25) is 0 Å². The van der Waals surface area contributed by atoms with Crippen LogP contribution in [0.3, 0.4) is 0 Å². The van der Waals surface area contributed by atoms with Crippen LogP contribution >= 0.6 is 12.4 Å². The second-order valence-electron chi connectivity index (χ2n) is 4.67. The number of nitrogens with one attached hydrogen (secondary N) is 1. The second kappa shape index (κ2) is 6.95. The summed E-state index contributed by atoms with van der Waals surface area (Å²) in [5.41, 5.74) is 2.47. The summed E-state index contributed by atoms with van der Waals surface area (Å²) >= 11 is 0. The number of aromatic nitrogens is 1. The van der Waals surface area contributed by atoms with Crippen LogP contribution in [-0.4, -0.2) is 12.1 Å². The molecule has 0 saturated heterocycles. The normalized spacial score (nSPS) is 9.78. The molecule has 116 valence electrons. The van der Waals surface area contributed by atoms with Crippen LogP contribution in [0.15, 0.2) is 48.7 Å². The zero-order valence-corrected chi connectivity index (χ0v) is 13.0. The third kappa shape index (κ3) is 3.33. The number of nitrogens with zero attached hydrogens (tertiary/aromatic N) is 2. The summed E-state index contributed by atoms with van der Waals surface area (Å²) in [6.45, 7) is 0. The van der Waals surface area contributed by atoms with E-state index >= 15 is 0 Å². The number of methoxy groups -OCH3 is 1. The van der Waals surface area contributed by atoms with E-state index < -0.39 is 0 Å². The van der Waals surface area contributed by atoms with Gasteiger partial charge in [-0.25, -0.2) is 4.39 Å². The Bertz CT molecular complexity index is 875. The molecule has 0 unspecified atom stereocenters. The van der Waals surface area contributed by atoms with E-state index in [4.69, 9.17) is 4.74 Å². The van der Waals surface area contributed by atoms with Crippen molar-refractivity contribution in [1.82, 2.24) is 4.98 Å². The van der Waals surface area contributed by atoms with Crippen LogP contribution < -0.4 is 10.1 Å². The van der Waals surface area contributed by atoms with E-state index in [0.717, 1.165) is 5.39 Å². The lowest BCUT2D eigenvalue weighted by atomic mass is 10.1. The van der Waals surface area contributed by atoms with Gasteiger partial charge in [0.05, 0.1) is 23.9 Å².